The third kappa shape index (κ3) is 3.26. The van der Waals surface area contributed by atoms with Gasteiger partial charge in [0.25, 0.3) is 0 Å². The van der Waals surface area contributed by atoms with Gasteiger partial charge in [-0.05, 0) is 29.8 Å². The highest BCUT2D eigenvalue weighted by Gasteiger charge is 2.34. The van der Waals surface area contributed by atoms with Crippen LogP contribution in [0.4, 0.5) is 17.6 Å². The molecule has 0 saturated carbocycles. The molecule has 0 atom stereocenters. The standard InChI is InChI=1S/C13H10F4N2.ClH/c14-11-4-3-8(6-10(11)13(15,16)17)12-9(7-18)2-1-5-19-12;/h1-6H,7,18H2;1H. The topological polar surface area (TPSA) is 38.9 Å². The third-order valence-corrected chi connectivity index (χ3v) is 2.66. The van der Waals surface area contributed by atoms with E-state index in [-0.39, 0.29) is 24.5 Å². The third-order valence-electron chi connectivity index (χ3n) is 2.66. The summed E-state index contributed by atoms with van der Waals surface area (Å²) in [5, 5.41) is 0. The van der Waals surface area contributed by atoms with E-state index in [1.54, 1.807) is 12.1 Å². The molecular formula is C13H11ClF4N2. The zero-order valence-corrected chi connectivity index (χ0v) is 10.9. The lowest BCUT2D eigenvalue weighted by molar-refractivity contribution is -0.139. The van der Waals surface area contributed by atoms with Crippen molar-refractivity contribution in [1.29, 1.82) is 0 Å². The van der Waals surface area contributed by atoms with Crippen LogP contribution in [-0.2, 0) is 12.7 Å². The van der Waals surface area contributed by atoms with Crippen molar-refractivity contribution in [2.24, 2.45) is 5.73 Å². The van der Waals surface area contributed by atoms with Crippen LogP contribution in [0.25, 0.3) is 11.3 Å². The molecule has 0 bridgehead atoms. The Labute approximate surface area is 119 Å². The highest BCUT2D eigenvalue weighted by atomic mass is 35.5. The molecule has 1 aromatic carbocycles. The smallest absolute Gasteiger partial charge is 0.326 e. The van der Waals surface area contributed by atoms with Gasteiger partial charge in [-0.1, -0.05) is 6.07 Å². The Hall–Kier alpha value is -1.66. The summed E-state index contributed by atoms with van der Waals surface area (Å²) in [6.45, 7) is 0.141. The normalized spacial score (nSPS) is 11.1. The molecule has 0 unspecified atom stereocenters. The molecule has 2 N–H and O–H groups in total. The molecule has 0 aliphatic carbocycles. The molecule has 2 nitrogen and oxygen atoms in total. The second-order valence-electron chi connectivity index (χ2n) is 3.91. The summed E-state index contributed by atoms with van der Waals surface area (Å²) >= 11 is 0. The van der Waals surface area contributed by atoms with Gasteiger partial charge in [0.15, 0.2) is 0 Å². The largest absolute Gasteiger partial charge is 0.419 e. The fourth-order valence-electron chi connectivity index (χ4n) is 1.75. The van der Waals surface area contributed by atoms with E-state index >= 15 is 0 Å². The predicted octanol–water partition coefficient (Wildman–Crippen LogP) is 3.79. The Morgan fingerprint density at radius 3 is 2.45 bits per heavy atom. The van der Waals surface area contributed by atoms with Gasteiger partial charge < -0.3 is 5.73 Å². The average molecular weight is 307 g/mol. The van der Waals surface area contributed by atoms with E-state index in [0.29, 0.717) is 11.3 Å². The number of hydrogen-bond acceptors (Lipinski definition) is 2. The molecule has 0 aliphatic rings. The van der Waals surface area contributed by atoms with Gasteiger partial charge in [-0.3, -0.25) is 4.98 Å². The Kier molecular flexibility index (Phi) is 5.08. The first-order chi connectivity index (χ1) is 8.93. The Morgan fingerprint density at radius 2 is 1.85 bits per heavy atom. The average Bonchev–Trinajstić information content (AvgIpc) is 2.38. The van der Waals surface area contributed by atoms with Gasteiger partial charge >= 0.3 is 6.18 Å². The second-order valence-corrected chi connectivity index (χ2v) is 3.91. The van der Waals surface area contributed by atoms with Crippen molar-refractivity contribution in [3.63, 3.8) is 0 Å². The van der Waals surface area contributed by atoms with Crippen LogP contribution in [0.2, 0.25) is 0 Å². The summed E-state index contributed by atoms with van der Waals surface area (Å²) in [6.07, 6.45) is -3.29. The molecule has 108 valence electrons. The van der Waals surface area contributed by atoms with Gasteiger partial charge in [-0.15, -0.1) is 12.4 Å². The molecular weight excluding hydrogens is 296 g/mol. The molecule has 7 heteroatoms. The van der Waals surface area contributed by atoms with Crippen molar-refractivity contribution in [1.82, 2.24) is 4.98 Å². The molecule has 0 radical (unpaired) electrons. The summed E-state index contributed by atoms with van der Waals surface area (Å²) in [5.74, 6) is -1.30. The van der Waals surface area contributed by atoms with E-state index in [2.05, 4.69) is 4.98 Å². The number of benzene rings is 1. The van der Waals surface area contributed by atoms with Gasteiger partial charge in [0.2, 0.25) is 0 Å². The lowest BCUT2D eigenvalue weighted by Gasteiger charge is -2.11. The second kappa shape index (κ2) is 6.19. The summed E-state index contributed by atoms with van der Waals surface area (Å²) in [4.78, 5) is 4.00. The van der Waals surface area contributed by atoms with Gasteiger partial charge in [-0.2, -0.15) is 13.2 Å². The molecule has 1 heterocycles. The first-order valence-corrected chi connectivity index (χ1v) is 5.44. The number of alkyl halides is 3. The molecule has 1 aromatic heterocycles. The van der Waals surface area contributed by atoms with Crippen LogP contribution in [0, 0.1) is 5.82 Å². The molecule has 2 rings (SSSR count). The zero-order valence-electron chi connectivity index (χ0n) is 10.1. The van der Waals surface area contributed by atoms with Crippen molar-refractivity contribution < 1.29 is 17.6 Å². The SMILES string of the molecule is Cl.NCc1cccnc1-c1ccc(F)c(C(F)(F)F)c1. The maximum Gasteiger partial charge on any atom is 0.419 e. The van der Waals surface area contributed by atoms with Crippen LogP contribution in [0.1, 0.15) is 11.1 Å². The first-order valence-electron chi connectivity index (χ1n) is 5.44. The monoisotopic (exact) mass is 306 g/mol. The van der Waals surface area contributed by atoms with E-state index in [1.807, 2.05) is 0 Å². The molecule has 0 spiro atoms. The first kappa shape index (κ1) is 16.4. The number of rotatable bonds is 2. The molecule has 0 aliphatic heterocycles. The van der Waals surface area contributed by atoms with E-state index in [9.17, 15) is 17.6 Å². The highest BCUT2D eigenvalue weighted by Crippen LogP contribution is 2.34. The van der Waals surface area contributed by atoms with Crippen molar-refractivity contribution in [2.75, 3.05) is 0 Å². The minimum absolute atomic E-state index is 0. The summed E-state index contributed by atoms with van der Waals surface area (Å²) in [5.41, 5.74) is 5.32. The van der Waals surface area contributed by atoms with Crippen LogP contribution < -0.4 is 5.73 Å². The quantitative estimate of drug-likeness (QED) is 0.857. The zero-order chi connectivity index (χ0) is 14.0. The molecule has 0 fully saturated rings. The molecule has 2 aromatic rings. The lowest BCUT2D eigenvalue weighted by atomic mass is 10.0. The number of pyridine rings is 1. The van der Waals surface area contributed by atoms with Gasteiger partial charge in [0.05, 0.1) is 11.3 Å². The molecule has 20 heavy (non-hydrogen) atoms. The Balaban J connectivity index is 0.00000200. The van der Waals surface area contributed by atoms with E-state index < -0.39 is 17.6 Å². The van der Waals surface area contributed by atoms with Crippen molar-refractivity contribution >= 4 is 12.4 Å². The van der Waals surface area contributed by atoms with Crippen LogP contribution in [0.5, 0.6) is 0 Å². The van der Waals surface area contributed by atoms with Gasteiger partial charge in [0, 0.05) is 18.3 Å². The van der Waals surface area contributed by atoms with Crippen LogP contribution in [0.3, 0.4) is 0 Å². The van der Waals surface area contributed by atoms with Crippen molar-refractivity contribution in [3.05, 3.63) is 53.5 Å². The minimum atomic E-state index is -4.74. The molecule has 0 amide bonds. The van der Waals surface area contributed by atoms with E-state index in [1.165, 1.54) is 12.3 Å². The number of nitrogens with zero attached hydrogens (tertiary/aromatic N) is 1. The van der Waals surface area contributed by atoms with E-state index in [4.69, 9.17) is 5.73 Å². The summed E-state index contributed by atoms with van der Waals surface area (Å²) < 4.78 is 51.1. The van der Waals surface area contributed by atoms with Crippen LogP contribution in [-0.4, -0.2) is 4.98 Å². The van der Waals surface area contributed by atoms with E-state index in [0.717, 1.165) is 12.1 Å². The van der Waals surface area contributed by atoms with Crippen molar-refractivity contribution in [2.45, 2.75) is 12.7 Å². The Bertz CT molecular complexity index is 599. The summed E-state index contributed by atoms with van der Waals surface area (Å²) in [6, 6.07) is 6.09. The fraction of sp³-hybridized carbons (Fsp3) is 0.154. The van der Waals surface area contributed by atoms with Gasteiger partial charge in [-0.25, -0.2) is 4.39 Å². The van der Waals surface area contributed by atoms with Gasteiger partial charge in [0.1, 0.15) is 5.82 Å². The predicted molar refractivity (Wildman–Crippen MR) is 69.8 cm³/mol. The molecule has 0 saturated heterocycles. The van der Waals surface area contributed by atoms with Crippen LogP contribution >= 0.6 is 12.4 Å². The fourth-order valence-corrected chi connectivity index (χ4v) is 1.75. The highest BCUT2D eigenvalue weighted by molar-refractivity contribution is 5.85. The number of hydrogen-bond donors (Lipinski definition) is 1. The maximum absolute atomic E-state index is 13.2. The number of nitrogens with two attached hydrogens (primary N) is 1. The summed E-state index contributed by atoms with van der Waals surface area (Å²) in [7, 11) is 0. The number of aromatic nitrogens is 1. The lowest BCUT2D eigenvalue weighted by Crippen LogP contribution is -2.08. The number of halogens is 5. The minimum Gasteiger partial charge on any atom is -0.326 e. The maximum atomic E-state index is 13.2. The van der Waals surface area contributed by atoms with Crippen molar-refractivity contribution in [3.8, 4) is 11.3 Å². The Morgan fingerprint density at radius 1 is 1.15 bits per heavy atom. The van der Waals surface area contributed by atoms with Crippen LogP contribution in [0.15, 0.2) is 36.5 Å².